The predicted octanol–water partition coefficient (Wildman–Crippen LogP) is 2.16. The number of halogens is 3. The Balaban J connectivity index is 2.12. The lowest BCUT2D eigenvalue weighted by molar-refractivity contribution is -0.197. The third kappa shape index (κ3) is 3.23. The van der Waals surface area contributed by atoms with Gasteiger partial charge in [0, 0.05) is 25.2 Å². The van der Waals surface area contributed by atoms with Crippen LogP contribution in [-0.2, 0) is 4.74 Å². The maximum absolute atomic E-state index is 13.0. The Kier molecular flexibility index (Phi) is 4.42. The third-order valence-corrected chi connectivity index (χ3v) is 4.58. The van der Waals surface area contributed by atoms with Crippen LogP contribution in [0, 0.1) is 5.92 Å². The molecule has 0 aromatic carbocycles. The molecule has 0 bridgehead atoms. The summed E-state index contributed by atoms with van der Waals surface area (Å²) in [5.41, 5.74) is 5.38. The minimum atomic E-state index is -4.10. The molecule has 1 aliphatic carbocycles. The molecule has 1 aliphatic heterocycles. The molecule has 2 N–H and O–H groups in total. The van der Waals surface area contributed by atoms with Crippen LogP contribution in [0.2, 0.25) is 0 Å². The second-order valence-corrected chi connectivity index (χ2v) is 5.89. The molecule has 2 aliphatic rings. The second-order valence-electron chi connectivity index (χ2n) is 5.89. The Morgan fingerprint density at radius 2 is 2.16 bits per heavy atom. The average Bonchev–Trinajstić information content (AvgIpc) is 2.38. The molecule has 1 heterocycles. The van der Waals surface area contributed by atoms with E-state index in [0.717, 1.165) is 6.42 Å². The molecule has 0 aromatic heterocycles. The highest BCUT2D eigenvalue weighted by atomic mass is 19.4. The maximum Gasteiger partial charge on any atom is 0.391 e. The summed E-state index contributed by atoms with van der Waals surface area (Å²) < 4.78 is 44.4. The lowest BCUT2D eigenvalue weighted by Crippen LogP contribution is -2.61. The van der Waals surface area contributed by atoms with E-state index in [1.807, 2.05) is 6.92 Å². The summed E-state index contributed by atoms with van der Waals surface area (Å²) in [5, 5.41) is 0. The number of nitrogens with zero attached hydrogens (tertiary/aromatic N) is 1. The van der Waals surface area contributed by atoms with E-state index >= 15 is 0 Å². The van der Waals surface area contributed by atoms with Gasteiger partial charge in [0.05, 0.1) is 18.6 Å². The molecule has 0 spiro atoms. The minimum absolute atomic E-state index is 0.0726. The fourth-order valence-corrected chi connectivity index (χ4v) is 3.47. The van der Waals surface area contributed by atoms with Crippen LogP contribution in [0.5, 0.6) is 0 Å². The zero-order valence-corrected chi connectivity index (χ0v) is 11.4. The van der Waals surface area contributed by atoms with Crippen molar-refractivity contribution in [3.63, 3.8) is 0 Å². The Morgan fingerprint density at radius 3 is 2.74 bits per heavy atom. The van der Waals surface area contributed by atoms with E-state index < -0.39 is 17.6 Å². The van der Waals surface area contributed by atoms with Crippen LogP contribution in [0.25, 0.3) is 0 Å². The number of nitrogens with two attached hydrogens (primary N) is 1. The van der Waals surface area contributed by atoms with Gasteiger partial charge in [-0.25, -0.2) is 0 Å². The molecule has 19 heavy (non-hydrogen) atoms. The zero-order chi connectivity index (χ0) is 14.1. The highest BCUT2D eigenvalue weighted by Gasteiger charge is 2.49. The lowest BCUT2D eigenvalue weighted by atomic mass is 9.74. The van der Waals surface area contributed by atoms with Crippen molar-refractivity contribution in [1.29, 1.82) is 0 Å². The van der Waals surface area contributed by atoms with Gasteiger partial charge in [0.1, 0.15) is 0 Å². The molecule has 0 amide bonds. The molecule has 1 saturated heterocycles. The molecule has 2 rings (SSSR count). The maximum atomic E-state index is 13.0. The first-order valence-electron chi connectivity index (χ1n) is 7.01. The number of morpholine rings is 1. The van der Waals surface area contributed by atoms with Crippen LogP contribution in [-0.4, -0.2) is 49.0 Å². The van der Waals surface area contributed by atoms with Gasteiger partial charge in [0.25, 0.3) is 0 Å². The van der Waals surface area contributed by atoms with E-state index in [-0.39, 0.29) is 18.9 Å². The quantitative estimate of drug-likeness (QED) is 0.842. The first-order chi connectivity index (χ1) is 8.87. The predicted molar refractivity (Wildman–Crippen MR) is 66.8 cm³/mol. The van der Waals surface area contributed by atoms with Gasteiger partial charge in [-0.3, -0.25) is 4.90 Å². The first kappa shape index (κ1) is 15.1. The highest BCUT2D eigenvalue weighted by Crippen LogP contribution is 2.44. The number of rotatable bonds is 2. The Labute approximate surface area is 112 Å². The standard InChI is InChI=1S/C13H23F3N2O/c1-10-8-18(5-6-19-10)12(9-17)4-2-3-11(7-12)13(14,15)16/h10-11H,2-9,17H2,1H3. The number of hydrogen-bond acceptors (Lipinski definition) is 3. The van der Waals surface area contributed by atoms with E-state index in [4.69, 9.17) is 10.5 Å². The van der Waals surface area contributed by atoms with Gasteiger partial charge >= 0.3 is 6.18 Å². The monoisotopic (exact) mass is 280 g/mol. The normalized spacial score (nSPS) is 38.4. The zero-order valence-electron chi connectivity index (χ0n) is 11.4. The van der Waals surface area contributed by atoms with E-state index in [0.29, 0.717) is 32.7 Å². The Bertz CT molecular complexity index is 311. The SMILES string of the molecule is CC1CN(C2(CN)CCCC(C(F)(F)F)C2)CCO1. The van der Waals surface area contributed by atoms with Crippen molar-refractivity contribution in [3.8, 4) is 0 Å². The van der Waals surface area contributed by atoms with Gasteiger partial charge in [-0.2, -0.15) is 13.2 Å². The number of alkyl halides is 3. The fourth-order valence-electron chi connectivity index (χ4n) is 3.47. The van der Waals surface area contributed by atoms with Gasteiger partial charge < -0.3 is 10.5 Å². The number of ether oxygens (including phenoxy) is 1. The average molecular weight is 280 g/mol. The van der Waals surface area contributed by atoms with Crippen molar-refractivity contribution in [1.82, 2.24) is 4.90 Å². The molecular weight excluding hydrogens is 257 g/mol. The second kappa shape index (κ2) is 5.58. The Hall–Kier alpha value is -0.330. The molecule has 0 radical (unpaired) electrons. The summed E-state index contributed by atoms with van der Waals surface area (Å²) in [5.74, 6) is -1.21. The third-order valence-electron chi connectivity index (χ3n) is 4.58. The molecule has 3 nitrogen and oxygen atoms in total. The van der Waals surface area contributed by atoms with Crippen molar-refractivity contribution in [2.45, 2.75) is 50.4 Å². The van der Waals surface area contributed by atoms with E-state index in [1.165, 1.54) is 0 Å². The summed E-state index contributed by atoms with van der Waals surface area (Å²) in [6.07, 6.45) is -2.28. The van der Waals surface area contributed by atoms with Crippen molar-refractivity contribution in [2.75, 3.05) is 26.2 Å². The Morgan fingerprint density at radius 1 is 1.42 bits per heavy atom. The van der Waals surface area contributed by atoms with Crippen LogP contribution >= 0.6 is 0 Å². The molecule has 3 unspecified atom stereocenters. The highest BCUT2D eigenvalue weighted by molar-refractivity contribution is 4.99. The summed E-state index contributed by atoms with van der Waals surface area (Å²) in [4.78, 5) is 2.14. The van der Waals surface area contributed by atoms with Crippen LogP contribution < -0.4 is 5.73 Å². The van der Waals surface area contributed by atoms with Crippen LogP contribution in [0.4, 0.5) is 13.2 Å². The van der Waals surface area contributed by atoms with Gasteiger partial charge in [0.15, 0.2) is 0 Å². The van der Waals surface area contributed by atoms with Gasteiger partial charge in [-0.05, 0) is 26.2 Å². The van der Waals surface area contributed by atoms with Crippen molar-refractivity contribution in [3.05, 3.63) is 0 Å². The lowest BCUT2D eigenvalue weighted by Gasteiger charge is -2.50. The largest absolute Gasteiger partial charge is 0.391 e. The fraction of sp³-hybridized carbons (Fsp3) is 1.00. The van der Waals surface area contributed by atoms with E-state index in [9.17, 15) is 13.2 Å². The first-order valence-corrected chi connectivity index (χ1v) is 7.01. The molecule has 112 valence electrons. The van der Waals surface area contributed by atoms with Crippen molar-refractivity contribution >= 4 is 0 Å². The molecule has 6 heteroatoms. The van der Waals surface area contributed by atoms with Gasteiger partial charge in [-0.1, -0.05) is 6.42 Å². The smallest absolute Gasteiger partial charge is 0.376 e. The summed E-state index contributed by atoms with van der Waals surface area (Å²) in [6.45, 7) is 4.21. The summed E-state index contributed by atoms with van der Waals surface area (Å²) in [7, 11) is 0. The van der Waals surface area contributed by atoms with E-state index in [2.05, 4.69) is 4.90 Å². The van der Waals surface area contributed by atoms with Crippen molar-refractivity contribution in [2.24, 2.45) is 11.7 Å². The molecule has 1 saturated carbocycles. The molecule has 0 aromatic rings. The van der Waals surface area contributed by atoms with E-state index in [1.54, 1.807) is 0 Å². The van der Waals surface area contributed by atoms with Crippen LogP contribution in [0.15, 0.2) is 0 Å². The molecule has 3 atom stereocenters. The van der Waals surface area contributed by atoms with Crippen LogP contribution in [0.1, 0.15) is 32.6 Å². The van der Waals surface area contributed by atoms with Gasteiger partial charge in [-0.15, -0.1) is 0 Å². The van der Waals surface area contributed by atoms with Crippen LogP contribution in [0.3, 0.4) is 0 Å². The molecular formula is C13H23F3N2O. The topological polar surface area (TPSA) is 38.5 Å². The van der Waals surface area contributed by atoms with Gasteiger partial charge in [0.2, 0.25) is 0 Å². The minimum Gasteiger partial charge on any atom is -0.376 e. The molecule has 2 fully saturated rings. The number of hydrogen-bond donors (Lipinski definition) is 1. The van der Waals surface area contributed by atoms with Crippen molar-refractivity contribution < 1.29 is 17.9 Å². The summed E-state index contributed by atoms with van der Waals surface area (Å²) >= 11 is 0. The summed E-state index contributed by atoms with van der Waals surface area (Å²) in [6, 6.07) is 0.